The highest BCUT2D eigenvalue weighted by Crippen LogP contribution is 2.38. The number of ether oxygens (including phenoxy) is 4. The lowest BCUT2D eigenvalue weighted by molar-refractivity contribution is 0.0599. The summed E-state index contributed by atoms with van der Waals surface area (Å²) in [6.45, 7) is 0.497. The van der Waals surface area contributed by atoms with Crippen molar-refractivity contribution >= 4 is 17.6 Å². The summed E-state index contributed by atoms with van der Waals surface area (Å²) in [5.41, 5.74) is 0.342. The Morgan fingerprint density at radius 3 is 2.15 bits per heavy atom. The van der Waals surface area contributed by atoms with Crippen LogP contribution in [0.4, 0.5) is 0 Å². The summed E-state index contributed by atoms with van der Waals surface area (Å²) in [6.07, 6.45) is 1.70. The Morgan fingerprint density at radius 2 is 1.70 bits per heavy atom. The molecule has 0 radical (unpaired) electrons. The van der Waals surface area contributed by atoms with Crippen molar-refractivity contribution in [1.29, 1.82) is 0 Å². The first-order valence-electron chi connectivity index (χ1n) is 6.21. The molecule has 0 saturated carbocycles. The number of halogens is 1. The molecule has 0 aliphatic heterocycles. The largest absolute Gasteiger partial charge is 0.493 e. The van der Waals surface area contributed by atoms with Crippen LogP contribution >= 0.6 is 11.6 Å². The zero-order valence-electron chi connectivity index (χ0n) is 11.9. The number of unbranched alkanes of at least 4 members (excludes halogenated alkanes) is 1. The molecule has 1 rings (SSSR count). The number of rotatable bonds is 8. The summed E-state index contributed by atoms with van der Waals surface area (Å²) in [5.74, 6) is 1.46. The van der Waals surface area contributed by atoms with Crippen LogP contribution in [-0.2, 0) is 4.74 Å². The van der Waals surface area contributed by atoms with Gasteiger partial charge in [-0.25, -0.2) is 4.79 Å². The predicted octanol–water partition coefficient (Wildman–Crippen LogP) is 2.89. The first kappa shape index (κ1) is 16.4. The zero-order valence-corrected chi connectivity index (χ0v) is 12.7. The maximum absolute atomic E-state index is 11.6. The summed E-state index contributed by atoms with van der Waals surface area (Å²) in [7, 11) is 4.32. The zero-order chi connectivity index (χ0) is 15.0. The van der Waals surface area contributed by atoms with Gasteiger partial charge in [0.25, 0.3) is 0 Å². The fraction of sp³-hybridized carbons (Fsp3) is 0.500. The standard InChI is InChI=1S/C14H19ClO5/c1-17-11-8-10(14(16)19-3)9-12(18-2)13(11)20-7-5-4-6-15/h8-9H,4-7H2,1-3H3. The van der Waals surface area contributed by atoms with E-state index in [2.05, 4.69) is 4.74 Å². The summed E-state index contributed by atoms with van der Waals surface area (Å²) in [5, 5.41) is 0. The molecule has 1 aromatic rings. The van der Waals surface area contributed by atoms with Gasteiger partial charge < -0.3 is 18.9 Å². The van der Waals surface area contributed by atoms with Gasteiger partial charge in [0.05, 0.1) is 33.5 Å². The van der Waals surface area contributed by atoms with Crippen LogP contribution in [0, 0.1) is 0 Å². The molecule has 0 aromatic heterocycles. The molecule has 0 heterocycles. The van der Waals surface area contributed by atoms with E-state index in [1.54, 1.807) is 12.1 Å². The molecule has 6 heteroatoms. The van der Waals surface area contributed by atoms with Crippen LogP contribution in [0.5, 0.6) is 17.2 Å². The maximum Gasteiger partial charge on any atom is 0.338 e. The Kier molecular flexibility index (Phi) is 7.01. The van der Waals surface area contributed by atoms with E-state index >= 15 is 0 Å². The first-order valence-corrected chi connectivity index (χ1v) is 6.74. The van der Waals surface area contributed by atoms with Crippen molar-refractivity contribution in [2.45, 2.75) is 12.8 Å². The van der Waals surface area contributed by atoms with E-state index in [0.29, 0.717) is 35.3 Å². The molecule has 0 spiro atoms. The smallest absolute Gasteiger partial charge is 0.338 e. The highest BCUT2D eigenvalue weighted by Gasteiger charge is 2.17. The van der Waals surface area contributed by atoms with Gasteiger partial charge >= 0.3 is 5.97 Å². The highest BCUT2D eigenvalue weighted by atomic mass is 35.5. The number of methoxy groups -OCH3 is 3. The van der Waals surface area contributed by atoms with Gasteiger partial charge in [-0.05, 0) is 25.0 Å². The van der Waals surface area contributed by atoms with Gasteiger partial charge in [0.1, 0.15) is 0 Å². The van der Waals surface area contributed by atoms with Gasteiger partial charge in [-0.2, -0.15) is 0 Å². The van der Waals surface area contributed by atoms with Crippen LogP contribution in [0.15, 0.2) is 12.1 Å². The van der Waals surface area contributed by atoms with Crippen LogP contribution in [0.2, 0.25) is 0 Å². The average Bonchev–Trinajstić information content (AvgIpc) is 2.50. The Bertz CT molecular complexity index is 422. The van der Waals surface area contributed by atoms with Gasteiger partial charge in [0, 0.05) is 5.88 Å². The fourth-order valence-electron chi connectivity index (χ4n) is 1.63. The first-order chi connectivity index (χ1) is 9.67. The Hall–Kier alpha value is -1.62. The highest BCUT2D eigenvalue weighted by molar-refractivity contribution is 6.17. The van der Waals surface area contributed by atoms with E-state index in [1.165, 1.54) is 21.3 Å². The summed E-state index contributed by atoms with van der Waals surface area (Å²) in [4.78, 5) is 11.6. The maximum atomic E-state index is 11.6. The minimum atomic E-state index is -0.463. The van der Waals surface area contributed by atoms with Crippen molar-refractivity contribution in [3.8, 4) is 17.2 Å². The number of esters is 1. The molecule has 0 amide bonds. The Labute approximate surface area is 123 Å². The van der Waals surface area contributed by atoms with Gasteiger partial charge in [-0.1, -0.05) is 0 Å². The van der Waals surface area contributed by atoms with Gasteiger partial charge in [-0.3, -0.25) is 0 Å². The van der Waals surface area contributed by atoms with Crippen molar-refractivity contribution < 1.29 is 23.7 Å². The normalized spacial score (nSPS) is 10.0. The van der Waals surface area contributed by atoms with Gasteiger partial charge in [0.2, 0.25) is 5.75 Å². The molecule has 0 bridgehead atoms. The topological polar surface area (TPSA) is 54.0 Å². The number of alkyl halides is 1. The molecule has 0 fully saturated rings. The second kappa shape index (κ2) is 8.53. The number of benzene rings is 1. The van der Waals surface area contributed by atoms with E-state index < -0.39 is 5.97 Å². The van der Waals surface area contributed by atoms with Crippen molar-refractivity contribution in [3.05, 3.63) is 17.7 Å². The lowest BCUT2D eigenvalue weighted by atomic mass is 10.2. The minimum absolute atomic E-state index is 0.342. The van der Waals surface area contributed by atoms with E-state index in [0.717, 1.165) is 12.8 Å². The van der Waals surface area contributed by atoms with Crippen LogP contribution in [0.3, 0.4) is 0 Å². The lowest BCUT2D eigenvalue weighted by Crippen LogP contribution is -2.06. The Morgan fingerprint density at radius 1 is 1.10 bits per heavy atom. The SMILES string of the molecule is COC(=O)c1cc(OC)c(OCCCCCl)c(OC)c1. The van der Waals surface area contributed by atoms with Crippen LogP contribution in [0.1, 0.15) is 23.2 Å². The monoisotopic (exact) mass is 302 g/mol. The summed E-state index contributed by atoms with van der Waals surface area (Å²) in [6, 6.07) is 3.12. The molecule has 20 heavy (non-hydrogen) atoms. The van der Waals surface area contributed by atoms with Crippen LogP contribution in [0.25, 0.3) is 0 Å². The molecule has 0 aliphatic carbocycles. The predicted molar refractivity (Wildman–Crippen MR) is 76.3 cm³/mol. The third-order valence-corrected chi connectivity index (χ3v) is 2.92. The third-order valence-electron chi connectivity index (χ3n) is 2.66. The number of hydrogen-bond donors (Lipinski definition) is 0. The molecule has 112 valence electrons. The molecule has 1 aromatic carbocycles. The third kappa shape index (κ3) is 4.20. The summed E-state index contributed by atoms with van der Waals surface area (Å²) < 4.78 is 20.8. The Balaban J connectivity index is 2.99. The van der Waals surface area contributed by atoms with Crippen molar-refractivity contribution in [2.24, 2.45) is 0 Å². The molecular weight excluding hydrogens is 284 g/mol. The van der Waals surface area contributed by atoms with Crippen molar-refractivity contribution in [3.63, 3.8) is 0 Å². The minimum Gasteiger partial charge on any atom is -0.493 e. The number of carbonyl (C=O) groups is 1. The number of hydrogen-bond acceptors (Lipinski definition) is 5. The molecular formula is C14H19ClO5. The van der Waals surface area contributed by atoms with Gasteiger partial charge in [0.15, 0.2) is 11.5 Å². The van der Waals surface area contributed by atoms with Crippen molar-refractivity contribution in [1.82, 2.24) is 0 Å². The molecule has 0 saturated heterocycles. The molecule has 0 atom stereocenters. The van der Waals surface area contributed by atoms with E-state index in [1.807, 2.05) is 0 Å². The van der Waals surface area contributed by atoms with Crippen molar-refractivity contribution in [2.75, 3.05) is 33.8 Å². The lowest BCUT2D eigenvalue weighted by Gasteiger charge is -2.15. The quantitative estimate of drug-likeness (QED) is 0.420. The average molecular weight is 303 g/mol. The molecule has 0 aliphatic rings. The van der Waals surface area contributed by atoms with E-state index in [4.69, 9.17) is 25.8 Å². The molecule has 5 nitrogen and oxygen atoms in total. The molecule has 0 N–H and O–H groups in total. The second-order valence-corrected chi connectivity index (χ2v) is 4.32. The number of carbonyl (C=O) groups excluding carboxylic acids is 1. The van der Waals surface area contributed by atoms with E-state index in [9.17, 15) is 4.79 Å². The summed E-state index contributed by atoms with van der Waals surface area (Å²) >= 11 is 5.62. The van der Waals surface area contributed by atoms with Crippen LogP contribution in [-0.4, -0.2) is 39.8 Å². The fourth-order valence-corrected chi connectivity index (χ4v) is 1.82. The van der Waals surface area contributed by atoms with Crippen LogP contribution < -0.4 is 14.2 Å². The molecule has 0 unspecified atom stereocenters. The second-order valence-electron chi connectivity index (χ2n) is 3.95. The van der Waals surface area contributed by atoms with E-state index in [-0.39, 0.29) is 0 Å². The van der Waals surface area contributed by atoms with Gasteiger partial charge in [-0.15, -0.1) is 11.6 Å².